The van der Waals surface area contributed by atoms with Gasteiger partial charge in [0, 0.05) is 18.7 Å². The van der Waals surface area contributed by atoms with Crippen molar-refractivity contribution in [2.45, 2.75) is 18.9 Å². The normalized spacial score (nSPS) is 20.1. The van der Waals surface area contributed by atoms with Crippen LogP contribution in [-0.4, -0.2) is 19.1 Å². The van der Waals surface area contributed by atoms with Gasteiger partial charge in [-0.2, -0.15) is 0 Å². The van der Waals surface area contributed by atoms with E-state index < -0.39 is 11.6 Å². The van der Waals surface area contributed by atoms with Crippen LogP contribution < -0.4 is 10.6 Å². The monoisotopic (exact) mass is 290 g/mol. The maximum Gasteiger partial charge on any atom is 0.147 e. The van der Waals surface area contributed by atoms with Crippen molar-refractivity contribution < 1.29 is 8.78 Å². The zero-order valence-corrected chi connectivity index (χ0v) is 10.3. The van der Waals surface area contributed by atoms with Crippen LogP contribution in [0.5, 0.6) is 0 Å². The highest BCUT2D eigenvalue weighted by Crippen LogP contribution is 2.23. The van der Waals surface area contributed by atoms with Crippen LogP contribution in [-0.2, 0) is 0 Å². The summed E-state index contributed by atoms with van der Waals surface area (Å²) in [5.74, 6) is -0.894. The van der Waals surface area contributed by atoms with Crippen LogP contribution in [0.4, 0.5) is 14.5 Å². The molecule has 1 heterocycles. The molecule has 0 spiro atoms. The Kier molecular flexibility index (Phi) is 3.76. The van der Waals surface area contributed by atoms with Crippen LogP contribution in [0.3, 0.4) is 0 Å². The Labute approximate surface area is 102 Å². The van der Waals surface area contributed by atoms with Gasteiger partial charge in [-0.3, -0.25) is 0 Å². The van der Waals surface area contributed by atoms with Crippen molar-refractivity contribution in [2.24, 2.45) is 0 Å². The molecule has 0 aliphatic carbocycles. The predicted octanol–water partition coefficient (Wildman–Crippen LogP) is 2.89. The smallest absolute Gasteiger partial charge is 0.147 e. The minimum atomic E-state index is -0.455. The quantitative estimate of drug-likeness (QED) is 0.837. The van der Waals surface area contributed by atoms with E-state index in [1.54, 1.807) is 0 Å². The molecule has 2 nitrogen and oxygen atoms in total. The van der Waals surface area contributed by atoms with Gasteiger partial charge in [-0.25, -0.2) is 8.78 Å². The molecule has 1 saturated heterocycles. The molecule has 88 valence electrons. The molecule has 2 rings (SSSR count). The molecule has 1 atom stereocenters. The van der Waals surface area contributed by atoms with E-state index in [1.807, 2.05) is 0 Å². The first-order valence-corrected chi connectivity index (χ1v) is 6.08. The van der Waals surface area contributed by atoms with Crippen molar-refractivity contribution in [1.82, 2.24) is 5.32 Å². The van der Waals surface area contributed by atoms with E-state index in [-0.39, 0.29) is 10.2 Å². The second-order valence-corrected chi connectivity index (χ2v) is 4.77. The van der Waals surface area contributed by atoms with Crippen molar-refractivity contribution in [2.75, 3.05) is 18.4 Å². The summed E-state index contributed by atoms with van der Waals surface area (Å²) in [6, 6.07) is 2.67. The fourth-order valence-corrected chi connectivity index (χ4v) is 2.14. The maximum absolute atomic E-state index is 13.4. The average Bonchev–Trinajstić information content (AvgIpc) is 2.74. The number of hydrogen-bond acceptors (Lipinski definition) is 2. The summed E-state index contributed by atoms with van der Waals surface area (Å²) in [5.41, 5.74) is 0.217. The fraction of sp³-hybridized carbons (Fsp3) is 0.455. The van der Waals surface area contributed by atoms with E-state index in [1.165, 1.54) is 6.07 Å². The molecular weight excluding hydrogens is 278 g/mol. The average molecular weight is 291 g/mol. The number of hydrogen-bond donors (Lipinski definition) is 2. The summed E-state index contributed by atoms with van der Waals surface area (Å²) in [7, 11) is 0. The number of halogens is 3. The lowest BCUT2D eigenvalue weighted by atomic mass is 10.2. The van der Waals surface area contributed by atoms with E-state index in [4.69, 9.17) is 0 Å². The molecule has 0 bridgehead atoms. The van der Waals surface area contributed by atoms with Crippen LogP contribution in [0, 0.1) is 11.6 Å². The predicted molar refractivity (Wildman–Crippen MR) is 63.6 cm³/mol. The van der Waals surface area contributed by atoms with Gasteiger partial charge in [0.2, 0.25) is 0 Å². The third-order valence-corrected chi connectivity index (χ3v) is 3.32. The summed E-state index contributed by atoms with van der Waals surface area (Å²) in [6.45, 7) is 1.63. The Morgan fingerprint density at radius 1 is 1.38 bits per heavy atom. The summed E-state index contributed by atoms with van der Waals surface area (Å²) >= 11 is 2.94. The molecule has 16 heavy (non-hydrogen) atoms. The van der Waals surface area contributed by atoms with Gasteiger partial charge in [-0.05, 0) is 41.4 Å². The fourth-order valence-electron chi connectivity index (χ4n) is 1.82. The van der Waals surface area contributed by atoms with Crippen LogP contribution in [0.25, 0.3) is 0 Å². The van der Waals surface area contributed by atoms with Gasteiger partial charge in [-0.1, -0.05) is 0 Å². The molecule has 0 aromatic heterocycles. The molecule has 1 aliphatic rings. The lowest BCUT2D eigenvalue weighted by Crippen LogP contribution is -2.29. The number of nitrogens with one attached hydrogen (secondary N) is 2. The highest BCUT2D eigenvalue weighted by atomic mass is 79.9. The van der Waals surface area contributed by atoms with E-state index in [0.717, 1.165) is 25.5 Å². The van der Waals surface area contributed by atoms with Gasteiger partial charge in [0.15, 0.2) is 0 Å². The largest absolute Gasteiger partial charge is 0.381 e. The minimum absolute atomic E-state index is 0.148. The topological polar surface area (TPSA) is 24.1 Å². The van der Waals surface area contributed by atoms with Crippen molar-refractivity contribution in [3.63, 3.8) is 0 Å². The van der Waals surface area contributed by atoms with Gasteiger partial charge in [-0.15, -0.1) is 0 Å². The first-order chi connectivity index (χ1) is 7.66. The number of benzene rings is 1. The van der Waals surface area contributed by atoms with Crippen molar-refractivity contribution in [1.29, 1.82) is 0 Å². The molecular formula is C11H13BrF2N2. The van der Waals surface area contributed by atoms with Gasteiger partial charge >= 0.3 is 0 Å². The van der Waals surface area contributed by atoms with Crippen LogP contribution >= 0.6 is 15.9 Å². The van der Waals surface area contributed by atoms with Crippen LogP contribution in [0.2, 0.25) is 0 Å². The molecule has 0 saturated carbocycles. The highest BCUT2D eigenvalue weighted by molar-refractivity contribution is 9.10. The molecule has 0 amide bonds. The van der Waals surface area contributed by atoms with Gasteiger partial charge in [0.1, 0.15) is 11.6 Å². The molecule has 1 aliphatic heterocycles. The summed E-state index contributed by atoms with van der Waals surface area (Å²) in [5, 5.41) is 6.21. The Morgan fingerprint density at radius 3 is 2.88 bits per heavy atom. The Morgan fingerprint density at radius 2 is 2.19 bits per heavy atom. The first-order valence-electron chi connectivity index (χ1n) is 5.28. The van der Waals surface area contributed by atoms with Crippen molar-refractivity contribution in [3.8, 4) is 0 Å². The van der Waals surface area contributed by atoms with Crippen molar-refractivity contribution in [3.05, 3.63) is 28.2 Å². The Balaban J connectivity index is 2.00. The molecule has 1 aromatic rings. The lowest BCUT2D eigenvalue weighted by molar-refractivity contribution is 0.591. The molecule has 1 aromatic carbocycles. The van der Waals surface area contributed by atoms with E-state index >= 15 is 0 Å². The maximum atomic E-state index is 13.4. The third kappa shape index (κ3) is 2.71. The van der Waals surface area contributed by atoms with E-state index in [2.05, 4.69) is 26.6 Å². The Bertz CT molecular complexity index is 378. The summed E-state index contributed by atoms with van der Waals surface area (Å²) in [6.07, 6.45) is 2.22. The second kappa shape index (κ2) is 5.10. The van der Waals surface area contributed by atoms with Crippen LogP contribution in [0.1, 0.15) is 12.8 Å². The SMILES string of the molecule is Fc1cc(NCC2CCCN2)c(F)cc1Br. The number of rotatable bonds is 3. The first kappa shape index (κ1) is 11.8. The molecule has 2 N–H and O–H groups in total. The van der Waals surface area contributed by atoms with Gasteiger partial charge in [0.25, 0.3) is 0 Å². The minimum Gasteiger partial charge on any atom is -0.381 e. The van der Waals surface area contributed by atoms with Gasteiger partial charge in [0.05, 0.1) is 10.2 Å². The molecule has 1 fully saturated rings. The lowest BCUT2D eigenvalue weighted by Gasteiger charge is -2.13. The third-order valence-electron chi connectivity index (χ3n) is 2.71. The standard InChI is InChI=1S/C11H13BrF2N2/c12-8-4-10(14)11(5-9(8)13)16-6-7-2-1-3-15-7/h4-5,7,15-16H,1-3,6H2. The second-order valence-electron chi connectivity index (χ2n) is 3.92. The highest BCUT2D eigenvalue weighted by Gasteiger charge is 2.14. The summed E-state index contributed by atoms with van der Waals surface area (Å²) < 4.78 is 26.8. The molecule has 5 heteroatoms. The zero-order chi connectivity index (χ0) is 11.5. The van der Waals surface area contributed by atoms with E-state index in [9.17, 15) is 8.78 Å². The summed E-state index contributed by atoms with van der Waals surface area (Å²) in [4.78, 5) is 0. The van der Waals surface area contributed by atoms with Crippen molar-refractivity contribution >= 4 is 21.6 Å². The van der Waals surface area contributed by atoms with Crippen LogP contribution in [0.15, 0.2) is 16.6 Å². The Hall–Kier alpha value is -0.680. The van der Waals surface area contributed by atoms with E-state index in [0.29, 0.717) is 12.6 Å². The zero-order valence-electron chi connectivity index (χ0n) is 8.69. The number of anilines is 1. The molecule has 1 unspecified atom stereocenters. The molecule has 0 radical (unpaired) electrons. The van der Waals surface area contributed by atoms with Gasteiger partial charge < -0.3 is 10.6 Å².